The average molecular weight is 236 g/mol. The van der Waals surface area contributed by atoms with Gasteiger partial charge in [0.2, 0.25) is 10.0 Å². The van der Waals surface area contributed by atoms with Crippen LogP contribution in [0.1, 0.15) is 13.3 Å². The number of rotatable bonds is 3. The lowest BCUT2D eigenvalue weighted by atomic mass is 10.3. The molecule has 2 N–H and O–H groups in total. The summed E-state index contributed by atoms with van der Waals surface area (Å²) in [5, 5.41) is -1.16. The second-order valence-electron chi connectivity index (χ2n) is 3.62. The first-order valence-corrected chi connectivity index (χ1v) is 6.22. The number of nitrogens with zero attached hydrogens (tertiary/aromatic N) is 1. The maximum atomic E-state index is 11.8. The zero-order valence-corrected chi connectivity index (χ0v) is 9.66. The predicted molar refractivity (Wildman–Crippen MR) is 54.6 cm³/mol. The predicted octanol–water partition coefficient (Wildman–Crippen LogP) is -1.09. The van der Waals surface area contributed by atoms with Gasteiger partial charge in [-0.1, -0.05) is 0 Å². The Morgan fingerprint density at radius 1 is 1.60 bits per heavy atom. The minimum absolute atomic E-state index is 0.135. The Kier molecular flexibility index (Phi) is 3.69. The van der Waals surface area contributed by atoms with E-state index in [1.54, 1.807) is 0 Å². The molecule has 15 heavy (non-hydrogen) atoms. The molecule has 1 heterocycles. The summed E-state index contributed by atoms with van der Waals surface area (Å²) in [4.78, 5) is 11.1. The van der Waals surface area contributed by atoms with Crippen LogP contribution in [-0.2, 0) is 19.6 Å². The monoisotopic (exact) mass is 236 g/mol. The third-order valence-electron chi connectivity index (χ3n) is 2.53. The number of carbonyl (C=O) groups excluding carboxylic acids is 1. The van der Waals surface area contributed by atoms with Crippen molar-refractivity contribution in [2.45, 2.75) is 24.6 Å². The van der Waals surface area contributed by atoms with Crippen molar-refractivity contribution in [2.75, 3.05) is 20.2 Å². The van der Waals surface area contributed by atoms with Gasteiger partial charge in [0.25, 0.3) is 0 Å². The molecule has 1 fully saturated rings. The van der Waals surface area contributed by atoms with Crippen LogP contribution in [0.3, 0.4) is 0 Å². The van der Waals surface area contributed by atoms with Crippen LogP contribution in [0.4, 0.5) is 0 Å². The lowest BCUT2D eigenvalue weighted by Crippen LogP contribution is -2.41. The molecule has 1 rings (SSSR count). The Morgan fingerprint density at radius 2 is 2.20 bits per heavy atom. The number of carbonyl (C=O) groups is 1. The molecule has 0 aromatic carbocycles. The van der Waals surface area contributed by atoms with Crippen LogP contribution in [0.5, 0.6) is 0 Å². The minimum atomic E-state index is -3.60. The standard InChI is InChI=1S/C8H16N2O4S/c1-6(8(11)14-2)15(12,13)10-4-3-7(9)5-10/h6-7H,3-5,9H2,1-2H3. The molecule has 1 aliphatic rings. The smallest absolute Gasteiger partial charge is 0.325 e. The van der Waals surface area contributed by atoms with Gasteiger partial charge in [-0.2, -0.15) is 4.31 Å². The van der Waals surface area contributed by atoms with E-state index in [1.165, 1.54) is 18.3 Å². The fraction of sp³-hybridized carbons (Fsp3) is 0.875. The first-order chi connectivity index (χ1) is 6.89. The molecule has 88 valence electrons. The molecule has 6 nitrogen and oxygen atoms in total. The minimum Gasteiger partial charge on any atom is -0.468 e. The summed E-state index contributed by atoms with van der Waals surface area (Å²) in [6.07, 6.45) is 0.632. The van der Waals surface area contributed by atoms with Gasteiger partial charge in [-0.05, 0) is 13.3 Å². The summed E-state index contributed by atoms with van der Waals surface area (Å²) in [6, 6.07) is -0.135. The van der Waals surface area contributed by atoms with Crippen LogP contribution in [0.2, 0.25) is 0 Å². The molecular formula is C8H16N2O4S. The van der Waals surface area contributed by atoms with Gasteiger partial charge in [0, 0.05) is 19.1 Å². The van der Waals surface area contributed by atoms with Gasteiger partial charge in [0.15, 0.2) is 5.25 Å². The van der Waals surface area contributed by atoms with E-state index in [4.69, 9.17) is 5.73 Å². The van der Waals surface area contributed by atoms with E-state index < -0.39 is 21.2 Å². The molecule has 0 spiro atoms. The fourth-order valence-corrected chi connectivity index (χ4v) is 3.04. The Balaban J connectivity index is 2.79. The third-order valence-corrected chi connectivity index (χ3v) is 4.66. The van der Waals surface area contributed by atoms with Gasteiger partial charge in [0.1, 0.15) is 0 Å². The zero-order chi connectivity index (χ0) is 11.6. The highest BCUT2D eigenvalue weighted by molar-refractivity contribution is 7.90. The number of hydrogen-bond acceptors (Lipinski definition) is 5. The summed E-state index contributed by atoms with van der Waals surface area (Å²) in [6.45, 7) is 1.99. The van der Waals surface area contributed by atoms with Crippen molar-refractivity contribution >= 4 is 16.0 Å². The number of hydrogen-bond donors (Lipinski definition) is 1. The second kappa shape index (κ2) is 4.46. The third kappa shape index (κ3) is 2.47. The Bertz CT molecular complexity index is 341. The van der Waals surface area contributed by atoms with E-state index in [1.807, 2.05) is 0 Å². The van der Waals surface area contributed by atoms with Crippen molar-refractivity contribution in [3.05, 3.63) is 0 Å². The largest absolute Gasteiger partial charge is 0.468 e. The quantitative estimate of drug-likeness (QED) is 0.629. The highest BCUT2D eigenvalue weighted by Gasteiger charge is 2.37. The van der Waals surface area contributed by atoms with Gasteiger partial charge >= 0.3 is 5.97 Å². The molecule has 2 atom stereocenters. The first-order valence-electron chi connectivity index (χ1n) is 4.72. The summed E-state index contributed by atoms with van der Waals surface area (Å²) in [5.74, 6) is -0.740. The molecular weight excluding hydrogens is 220 g/mol. The Hall–Kier alpha value is -0.660. The molecule has 7 heteroatoms. The number of ether oxygens (including phenoxy) is 1. The van der Waals surface area contributed by atoms with Crippen molar-refractivity contribution in [3.8, 4) is 0 Å². The molecule has 0 aromatic rings. The lowest BCUT2D eigenvalue weighted by molar-refractivity contribution is -0.139. The van der Waals surface area contributed by atoms with Crippen molar-refractivity contribution in [3.63, 3.8) is 0 Å². The maximum absolute atomic E-state index is 11.8. The highest BCUT2D eigenvalue weighted by Crippen LogP contribution is 2.16. The van der Waals surface area contributed by atoms with E-state index >= 15 is 0 Å². The summed E-state index contributed by atoms with van der Waals surface area (Å²) in [7, 11) is -2.43. The van der Waals surface area contributed by atoms with E-state index in [0.29, 0.717) is 13.0 Å². The van der Waals surface area contributed by atoms with E-state index in [2.05, 4.69) is 4.74 Å². The average Bonchev–Trinajstić information content (AvgIpc) is 2.63. The zero-order valence-electron chi connectivity index (χ0n) is 8.84. The van der Waals surface area contributed by atoms with Crippen LogP contribution in [-0.4, -0.2) is 50.2 Å². The van der Waals surface area contributed by atoms with Crippen LogP contribution in [0.25, 0.3) is 0 Å². The van der Waals surface area contributed by atoms with Gasteiger partial charge < -0.3 is 10.5 Å². The molecule has 0 amide bonds. The van der Waals surface area contributed by atoms with Gasteiger partial charge in [-0.3, -0.25) is 4.79 Å². The van der Waals surface area contributed by atoms with Gasteiger partial charge in [0.05, 0.1) is 7.11 Å². The van der Waals surface area contributed by atoms with Crippen LogP contribution < -0.4 is 5.73 Å². The first kappa shape index (κ1) is 12.4. The number of nitrogens with two attached hydrogens (primary N) is 1. The molecule has 0 aromatic heterocycles. The van der Waals surface area contributed by atoms with Crippen LogP contribution >= 0.6 is 0 Å². The van der Waals surface area contributed by atoms with Gasteiger partial charge in [-0.25, -0.2) is 8.42 Å². The molecule has 0 saturated carbocycles. The van der Waals surface area contributed by atoms with Crippen molar-refractivity contribution in [1.82, 2.24) is 4.31 Å². The van der Waals surface area contributed by atoms with Crippen molar-refractivity contribution in [1.29, 1.82) is 0 Å². The normalized spacial score (nSPS) is 25.1. The number of methoxy groups -OCH3 is 1. The summed E-state index contributed by atoms with van der Waals surface area (Å²) in [5.41, 5.74) is 5.61. The van der Waals surface area contributed by atoms with E-state index in [0.717, 1.165) is 0 Å². The Morgan fingerprint density at radius 3 is 2.60 bits per heavy atom. The van der Waals surface area contributed by atoms with Crippen LogP contribution in [0, 0.1) is 0 Å². The lowest BCUT2D eigenvalue weighted by Gasteiger charge is -2.19. The van der Waals surface area contributed by atoms with Gasteiger partial charge in [-0.15, -0.1) is 0 Å². The highest BCUT2D eigenvalue weighted by atomic mass is 32.2. The maximum Gasteiger partial charge on any atom is 0.325 e. The van der Waals surface area contributed by atoms with E-state index in [9.17, 15) is 13.2 Å². The number of esters is 1. The molecule has 1 aliphatic heterocycles. The van der Waals surface area contributed by atoms with E-state index in [-0.39, 0.29) is 12.6 Å². The summed E-state index contributed by atoms with van der Waals surface area (Å²) < 4.78 is 29.4. The summed E-state index contributed by atoms with van der Waals surface area (Å²) >= 11 is 0. The van der Waals surface area contributed by atoms with Crippen molar-refractivity contribution in [2.24, 2.45) is 5.73 Å². The molecule has 0 bridgehead atoms. The molecule has 0 aliphatic carbocycles. The fourth-order valence-electron chi connectivity index (χ4n) is 1.50. The topological polar surface area (TPSA) is 89.7 Å². The number of sulfonamides is 1. The molecule has 0 radical (unpaired) electrons. The Labute approximate surface area is 89.4 Å². The van der Waals surface area contributed by atoms with Crippen LogP contribution in [0.15, 0.2) is 0 Å². The SMILES string of the molecule is COC(=O)C(C)S(=O)(=O)N1CCC(N)C1. The van der Waals surface area contributed by atoms with Crippen molar-refractivity contribution < 1.29 is 17.9 Å². The molecule has 1 saturated heterocycles. The second-order valence-corrected chi connectivity index (χ2v) is 5.87. The molecule has 2 unspecified atom stereocenters.